The highest BCUT2D eigenvalue weighted by molar-refractivity contribution is 5.95. The molecule has 0 radical (unpaired) electrons. The Morgan fingerprint density at radius 1 is 0.882 bits per heavy atom. The van der Waals surface area contributed by atoms with Gasteiger partial charge in [0.25, 0.3) is 5.91 Å². The second-order valence-electron chi connectivity index (χ2n) is 7.46. The number of carbonyl (C=O) groups excluding carboxylic acids is 2. The molecule has 0 aliphatic rings. The van der Waals surface area contributed by atoms with E-state index in [4.69, 9.17) is 4.74 Å². The number of rotatable bonds is 8. The van der Waals surface area contributed by atoms with Crippen molar-refractivity contribution >= 4 is 11.8 Å². The molecule has 4 aromatic rings. The van der Waals surface area contributed by atoms with Crippen LogP contribution in [0.2, 0.25) is 0 Å². The van der Waals surface area contributed by atoms with E-state index in [1.54, 1.807) is 12.1 Å². The summed E-state index contributed by atoms with van der Waals surface area (Å²) in [5.41, 5.74) is 7.92. The van der Waals surface area contributed by atoms with Crippen molar-refractivity contribution in [3.8, 4) is 17.1 Å². The Hall–Kier alpha value is -4.53. The van der Waals surface area contributed by atoms with Crippen LogP contribution in [0.25, 0.3) is 11.4 Å². The lowest BCUT2D eigenvalue weighted by Crippen LogP contribution is -2.42. The number of hydrazine groups is 1. The molecule has 0 spiro atoms. The molecule has 2 amide bonds. The maximum absolute atomic E-state index is 12.4. The van der Waals surface area contributed by atoms with Crippen molar-refractivity contribution in [2.45, 2.75) is 19.9 Å². The Bertz CT molecular complexity index is 1240. The van der Waals surface area contributed by atoms with E-state index in [0.717, 1.165) is 22.4 Å². The molecule has 0 aliphatic heterocycles. The summed E-state index contributed by atoms with van der Waals surface area (Å²) in [5, 5.41) is 12.6. The third-order valence-corrected chi connectivity index (χ3v) is 4.94. The number of carbonyl (C=O) groups is 2. The topological polar surface area (TPSA) is 111 Å². The highest BCUT2D eigenvalue weighted by Gasteiger charge is 2.10. The van der Waals surface area contributed by atoms with Gasteiger partial charge in [0.1, 0.15) is 5.75 Å². The summed E-state index contributed by atoms with van der Waals surface area (Å²) in [6.07, 6.45) is 0.140. The summed E-state index contributed by atoms with van der Waals surface area (Å²) >= 11 is 0. The molecule has 34 heavy (non-hydrogen) atoms. The van der Waals surface area contributed by atoms with Gasteiger partial charge in [0.15, 0.2) is 0 Å². The largest absolute Gasteiger partial charge is 0.494 e. The number of ether oxygens (including phenoxy) is 1. The standard InChI is InChI=1S/C25H24N6O3/c1-2-34-22-14-10-18(11-15-22)16-23(32)26-28-25(33)21-12-8-19(9-13-21)17-31-29-24(27-30-31)20-6-4-3-5-7-20/h3-15H,2,16-17H2,1H3,(H,26,32)(H,28,33). The first-order valence-electron chi connectivity index (χ1n) is 10.8. The van der Waals surface area contributed by atoms with E-state index in [9.17, 15) is 9.59 Å². The van der Waals surface area contributed by atoms with Gasteiger partial charge in [-0.2, -0.15) is 4.80 Å². The molecule has 0 unspecified atom stereocenters. The molecule has 1 heterocycles. The lowest BCUT2D eigenvalue weighted by molar-refractivity contribution is -0.121. The summed E-state index contributed by atoms with van der Waals surface area (Å²) in [7, 11) is 0. The summed E-state index contributed by atoms with van der Waals surface area (Å²) in [6.45, 7) is 2.91. The van der Waals surface area contributed by atoms with Crippen molar-refractivity contribution in [2.24, 2.45) is 0 Å². The van der Waals surface area contributed by atoms with Crippen molar-refractivity contribution < 1.29 is 14.3 Å². The zero-order valence-electron chi connectivity index (χ0n) is 18.6. The molecule has 1 aromatic heterocycles. The van der Waals surface area contributed by atoms with Crippen molar-refractivity contribution in [2.75, 3.05) is 6.61 Å². The van der Waals surface area contributed by atoms with E-state index in [1.807, 2.05) is 73.7 Å². The van der Waals surface area contributed by atoms with Gasteiger partial charge >= 0.3 is 0 Å². The van der Waals surface area contributed by atoms with Crippen LogP contribution in [-0.2, 0) is 17.8 Å². The van der Waals surface area contributed by atoms with Gasteiger partial charge in [-0.25, -0.2) is 0 Å². The zero-order valence-corrected chi connectivity index (χ0v) is 18.6. The van der Waals surface area contributed by atoms with Crippen LogP contribution in [0.3, 0.4) is 0 Å². The maximum Gasteiger partial charge on any atom is 0.269 e. The smallest absolute Gasteiger partial charge is 0.269 e. The molecule has 0 aliphatic carbocycles. The third-order valence-electron chi connectivity index (χ3n) is 4.94. The number of hydrogen-bond acceptors (Lipinski definition) is 6. The van der Waals surface area contributed by atoms with E-state index >= 15 is 0 Å². The Labute approximate surface area is 196 Å². The van der Waals surface area contributed by atoms with Crippen LogP contribution in [-0.4, -0.2) is 38.6 Å². The number of benzene rings is 3. The van der Waals surface area contributed by atoms with Crippen LogP contribution in [0.15, 0.2) is 78.9 Å². The Morgan fingerprint density at radius 2 is 1.59 bits per heavy atom. The van der Waals surface area contributed by atoms with E-state index in [2.05, 4.69) is 26.3 Å². The van der Waals surface area contributed by atoms with Gasteiger partial charge < -0.3 is 4.74 Å². The fourth-order valence-corrected chi connectivity index (χ4v) is 3.24. The molecule has 172 valence electrons. The van der Waals surface area contributed by atoms with E-state index in [-0.39, 0.29) is 12.3 Å². The lowest BCUT2D eigenvalue weighted by Gasteiger charge is -2.09. The molecule has 0 saturated heterocycles. The molecule has 4 rings (SSSR count). The van der Waals surface area contributed by atoms with Gasteiger partial charge in [-0.15, -0.1) is 10.2 Å². The predicted molar refractivity (Wildman–Crippen MR) is 126 cm³/mol. The van der Waals surface area contributed by atoms with Gasteiger partial charge in [-0.3, -0.25) is 20.4 Å². The molecular weight excluding hydrogens is 432 g/mol. The predicted octanol–water partition coefficient (Wildman–Crippen LogP) is 2.79. The highest BCUT2D eigenvalue weighted by Crippen LogP contribution is 2.13. The van der Waals surface area contributed by atoms with Crippen LogP contribution in [0.4, 0.5) is 0 Å². The molecule has 0 saturated carbocycles. The Morgan fingerprint density at radius 3 is 2.29 bits per heavy atom. The number of nitrogens with one attached hydrogen (secondary N) is 2. The van der Waals surface area contributed by atoms with E-state index < -0.39 is 5.91 Å². The first kappa shape index (κ1) is 22.7. The van der Waals surface area contributed by atoms with Gasteiger partial charge in [0.05, 0.1) is 19.6 Å². The average Bonchev–Trinajstić information content (AvgIpc) is 3.33. The first-order chi connectivity index (χ1) is 16.6. The molecular formula is C25H24N6O3. The number of nitrogens with zero attached hydrogens (tertiary/aromatic N) is 4. The fourth-order valence-electron chi connectivity index (χ4n) is 3.24. The van der Waals surface area contributed by atoms with Crippen molar-refractivity contribution in [3.63, 3.8) is 0 Å². The molecule has 9 nitrogen and oxygen atoms in total. The van der Waals surface area contributed by atoms with Crippen LogP contribution in [0, 0.1) is 0 Å². The fraction of sp³-hybridized carbons (Fsp3) is 0.160. The summed E-state index contributed by atoms with van der Waals surface area (Å²) in [4.78, 5) is 26.0. The number of hydrogen-bond donors (Lipinski definition) is 2. The Kier molecular flexibility index (Phi) is 7.24. The van der Waals surface area contributed by atoms with E-state index in [1.165, 1.54) is 4.80 Å². The van der Waals surface area contributed by atoms with Gasteiger partial charge in [0, 0.05) is 11.1 Å². The minimum Gasteiger partial charge on any atom is -0.494 e. The summed E-state index contributed by atoms with van der Waals surface area (Å²) in [5.74, 6) is 0.578. The number of aromatic nitrogens is 4. The second-order valence-corrected chi connectivity index (χ2v) is 7.46. The minimum atomic E-state index is -0.406. The van der Waals surface area contributed by atoms with Crippen LogP contribution in [0.1, 0.15) is 28.4 Å². The third kappa shape index (κ3) is 6.04. The molecule has 0 fully saturated rings. The zero-order chi connectivity index (χ0) is 23.8. The normalized spacial score (nSPS) is 10.5. The van der Waals surface area contributed by atoms with Crippen molar-refractivity contribution in [1.82, 2.24) is 31.1 Å². The molecule has 0 atom stereocenters. The van der Waals surface area contributed by atoms with Gasteiger partial charge in [-0.05, 0) is 47.5 Å². The quantitative estimate of drug-likeness (QED) is 0.395. The highest BCUT2D eigenvalue weighted by atomic mass is 16.5. The van der Waals surface area contributed by atoms with Crippen molar-refractivity contribution in [1.29, 1.82) is 0 Å². The lowest BCUT2D eigenvalue weighted by atomic mass is 10.1. The monoisotopic (exact) mass is 456 g/mol. The first-order valence-corrected chi connectivity index (χ1v) is 10.8. The summed E-state index contributed by atoms with van der Waals surface area (Å²) in [6, 6.07) is 23.8. The molecule has 0 bridgehead atoms. The number of amides is 2. The molecule has 9 heteroatoms. The Balaban J connectivity index is 1.26. The van der Waals surface area contributed by atoms with Crippen LogP contribution >= 0.6 is 0 Å². The van der Waals surface area contributed by atoms with Crippen LogP contribution in [0.5, 0.6) is 5.75 Å². The van der Waals surface area contributed by atoms with Gasteiger partial charge in [-0.1, -0.05) is 54.6 Å². The van der Waals surface area contributed by atoms with Crippen molar-refractivity contribution in [3.05, 3.63) is 95.6 Å². The summed E-state index contributed by atoms with van der Waals surface area (Å²) < 4.78 is 5.39. The molecule has 3 aromatic carbocycles. The maximum atomic E-state index is 12.4. The van der Waals surface area contributed by atoms with Crippen LogP contribution < -0.4 is 15.6 Å². The SMILES string of the molecule is CCOc1ccc(CC(=O)NNC(=O)c2ccc(Cn3nnc(-c4ccccc4)n3)cc2)cc1. The van der Waals surface area contributed by atoms with E-state index in [0.29, 0.717) is 24.5 Å². The second kappa shape index (κ2) is 10.9. The van der Waals surface area contributed by atoms with Gasteiger partial charge in [0.2, 0.25) is 11.7 Å². The average molecular weight is 457 g/mol. The molecule has 2 N–H and O–H groups in total. The number of tetrazole rings is 1. The minimum absolute atomic E-state index is 0.140.